The van der Waals surface area contributed by atoms with E-state index in [9.17, 15) is 0 Å². The van der Waals surface area contributed by atoms with Gasteiger partial charge in [0.15, 0.2) is 0 Å². The van der Waals surface area contributed by atoms with Crippen LogP contribution in [0.3, 0.4) is 0 Å². The number of hydrogen-bond acceptors (Lipinski definition) is 1. The van der Waals surface area contributed by atoms with E-state index >= 15 is 0 Å². The van der Waals surface area contributed by atoms with E-state index in [0.717, 1.165) is 19.1 Å². The maximum absolute atomic E-state index is 5.43. The van der Waals surface area contributed by atoms with Crippen molar-refractivity contribution in [2.75, 3.05) is 13.2 Å². The van der Waals surface area contributed by atoms with Gasteiger partial charge in [-0.2, -0.15) is 0 Å². The molecule has 1 nitrogen and oxygen atoms in total. The smallest absolute Gasteiger partial charge is 0.0679 e. The third-order valence-corrected chi connectivity index (χ3v) is 2.86. The molecule has 0 fully saturated rings. The number of rotatable bonds is 0. The maximum Gasteiger partial charge on any atom is 0.0679 e. The third-order valence-electron chi connectivity index (χ3n) is 2.86. The molecule has 0 bridgehead atoms. The lowest BCUT2D eigenvalue weighted by molar-refractivity contribution is 0.136. The Kier molecular flexibility index (Phi) is 1.99. The fraction of sp³-hybridized carbons (Fsp3) is 0.800. The highest BCUT2D eigenvalue weighted by atomic mass is 16.5. The van der Waals surface area contributed by atoms with Crippen molar-refractivity contribution in [3.63, 3.8) is 0 Å². The molecule has 62 valence electrons. The second-order valence-corrected chi connectivity index (χ2v) is 3.86. The van der Waals surface area contributed by atoms with Crippen molar-refractivity contribution < 1.29 is 4.74 Å². The van der Waals surface area contributed by atoms with E-state index in [2.05, 4.69) is 6.92 Å². The zero-order valence-corrected chi connectivity index (χ0v) is 7.23. The van der Waals surface area contributed by atoms with Gasteiger partial charge in [-0.25, -0.2) is 0 Å². The van der Waals surface area contributed by atoms with Gasteiger partial charge in [0.2, 0.25) is 0 Å². The van der Waals surface area contributed by atoms with Crippen LogP contribution in [0.5, 0.6) is 0 Å². The second-order valence-electron chi connectivity index (χ2n) is 3.86. The summed E-state index contributed by atoms with van der Waals surface area (Å²) in [4.78, 5) is 0. The summed E-state index contributed by atoms with van der Waals surface area (Å²) in [5.41, 5.74) is 3.34. The topological polar surface area (TPSA) is 9.23 Å². The first-order valence-electron chi connectivity index (χ1n) is 4.64. The molecule has 1 heteroatoms. The summed E-state index contributed by atoms with van der Waals surface area (Å²) in [5, 5.41) is 0. The lowest BCUT2D eigenvalue weighted by Crippen LogP contribution is -2.17. The van der Waals surface area contributed by atoms with Gasteiger partial charge >= 0.3 is 0 Å². The Balaban J connectivity index is 2.12. The molecule has 2 rings (SSSR count). The summed E-state index contributed by atoms with van der Waals surface area (Å²) >= 11 is 0. The van der Waals surface area contributed by atoms with E-state index in [4.69, 9.17) is 4.74 Å². The van der Waals surface area contributed by atoms with Crippen LogP contribution in [-0.4, -0.2) is 13.2 Å². The Morgan fingerprint density at radius 3 is 3.09 bits per heavy atom. The highest BCUT2D eigenvalue weighted by molar-refractivity contribution is 5.20. The summed E-state index contributed by atoms with van der Waals surface area (Å²) in [7, 11) is 0. The van der Waals surface area contributed by atoms with Crippen LogP contribution in [0.4, 0.5) is 0 Å². The van der Waals surface area contributed by atoms with E-state index in [1.54, 1.807) is 11.1 Å². The van der Waals surface area contributed by atoms with Crippen LogP contribution < -0.4 is 0 Å². The van der Waals surface area contributed by atoms with E-state index in [1.807, 2.05) is 0 Å². The molecule has 1 unspecified atom stereocenters. The predicted molar refractivity (Wildman–Crippen MR) is 45.5 cm³/mol. The largest absolute Gasteiger partial charge is 0.377 e. The van der Waals surface area contributed by atoms with Crippen molar-refractivity contribution in [1.29, 1.82) is 0 Å². The average Bonchev–Trinajstić information content (AvgIpc) is 2.04. The van der Waals surface area contributed by atoms with Gasteiger partial charge in [0.1, 0.15) is 0 Å². The maximum atomic E-state index is 5.43. The fourth-order valence-electron chi connectivity index (χ4n) is 2.12. The zero-order chi connectivity index (χ0) is 7.68. The highest BCUT2D eigenvalue weighted by Gasteiger charge is 2.20. The molecule has 0 saturated heterocycles. The Labute approximate surface area is 68.4 Å². The molecule has 0 N–H and O–H groups in total. The first-order chi connectivity index (χ1) is 5.36. The average molecular weight is 152 g/mol. The summed E-state index contributed by atoms with van der Waals surface area (Å²) in [6, 6.07) is 0. The first-order valence-corrected chi connectivity index (χ1v) is 4.64. The highest BCUT2D eigenvalue weighted by Crippen LogP contribution is 2.32. The molecule has 0 saturated carbocycles. The Hall–Kier alpha value is -0.300. The van der Waals surface area contributed by atoms with Crippen LogP contribution in [-0.2, 0) is 4.74 Å². The lowest BCUT2D eigenvalue weighted by Gasteiger charge is -2.28. The van der Waals surface area contributed by atoms with Crippen LogP contribution in [0.2, 0.25) is 0 Å². The van der Waals surface area contributed by atoms with E-state index in [-0.39, 0.29) is 0 Å². The SMILES string of the molecule is CC1CCC2=C(COCC2)C1. The van der Waals surface area contributed by atoms with E-state index in [0.29, 0.717) is 0 Å². The summed E-state index contributed by atoms with van der Waals surface area (Å²) in [5.74, 6) is 0.899. The van der Waals surface area contributed by atoms with Gasteiger partial charge in [-0.05, 0) is 37.2 Å². The normalized spacial score (nSPS) is 31.9. The molecule has 11 heavy (non-hydrogen) atoms. The predicted octanol–water partition coefficient (Wildman–Crippen LogP) is 2.52. The van der Waals surface area contributed by atoms with Gasteiger partial charge < -0.3 is 4.74 Å². The third kappa shape index (κ3) is 1.48. The molecule has 0 aromatic heterocycles. The minimum atomic E-state index is 0.899. The number of ether oxygens (including phenoxy) is 1. The van der Waals surface area contributed by atoms with Crippen molar-refractivity contribution >= 4 is 0 Å². The minimum absolute atomic E-state index is 0.899. The molecular weight excluding hydrogens is 136 g/mol. The van der Waals surface area contributed by atoms with Crippen molar-refractivity contribution in [3.05, 3.63) is 11.1 Å². The Morgan fingerprint density at radius 2 is 2.18 bits per heavy atom. The van der Waals surface area contributed by atoms with Gasteiger partial charge in [-0.3, -0.25) is 0 Å². The quantitative estimate of drug-likeness (QED) is 0.485. The van der Waals surface area contributed by atoms with E-state index < -0.39 is 0 Å². The van der Waals surface area contributed by atoms with Crippen molar-refractivity contribution in [2.24, 2.45) is 5.92 Å². The molecule has 0 aromatic rings. The van der Waals surface area contributed by atoms with Gasteiger partial charge in [-0.15, -0.1) is 0 Å². The van der Waals surface area contributed by atoms with Crippen molar-refractivity contribution in [2.45, 2.75) is 32.6 Å². The van der Waals surface area contributed by atoms with Crippen molar-refractivity contribution in [1.82, 2.24) is 0 Å². The van der Waals surface area contributed by atoms with Crippen LogP contribution in [0.15, 0.2) is 11.1 Å². The van der Waals surface area contributed by atoms with Gasteiger partial charge in [0.05, 0.1) is 13.2 Å². The molecule has 0 amide bonds. The molecule has 1 heterocycles. The molecule has 1 aliphatic heterocycles. The van der Waals surface area contributed by atoms with Crippen LogP contribution in [0, 0.1) is 5.92 Å². The Morgan fingerprint density at radius 1 is 1.27 bits per heavy atom. The van der Waals surface area contributed by atoms with Gasteiger partial charge in [0, 0.05) is 0 Å². The molecule has 0 aromatic carbocycles. The fourth-order valence-corrected chi connectivity index (χ4v) is 2.12. The molecule has 0 spiro atoms. The monoisotopic (exact) mass is 152 g/mol. The molecular formula is C10H16O. The lowest BCUT2D eigenvalue weighted by atomic mass is 9.83. The zero-order valence-electron chi connectivity index (χ0n) is 7.23. The second kappa shape index (κ2) is 2.98. The first kappa shape index (κ1) is 7.35. The molecule has 0 radical (unpaired) electrons. The summed E-state index contributed by atoms with van der Waals surface area (Å²) in [6.07, 6.45) is 5.26. The summed E-state index contributed by atoms with van der Waals surface area (Å²) < 4.78 is 5.43. The van der Waals surface area contributed by atoms with Gasteiger partial charge in [0.25, 0.3) is 0 Å². The molecule has 2 aliphatic rings. The molecule has 1 atom stereocenters. The van der Waals surface area contributed by atoms with Gasteiger partial charge in [-0.1, -0.05) is 12.5 Å². The van der Waals surface area contributed by atoms with Crippen molar-refractivity contribution in [3.8, 4) is 0 Å². The minimum Gasteiger partial charge on any atom is -0.377 e. The van der Waals surface area contributed by atoms with E-state index in [1.165, 1.54) is 25.7 Å². The van der Waals surface area contributed by atoms with Crippen LogP contribution in [0.25, 0.3) is 0 Å². The Bertz CT molecular complexity index is 181. The molecule has 1 aliphatic carbocycles. The standard InChI is InChI=1S/C10H16O/c1-8-2-3-9-4-5-11-7-10(9)6-8/h8H,2-7H2,1H3. The summed E-state index contributed by atoms with van der Waals surface area (Å²) in [6.45, 7) is 4.24. The van der Waals surface area contributed by atoms with Crippen LogP contribution in [0.1, 0.15) is 32.6 Å². The van der Waals surface area contributed by atoms with Crippen LogP contribution >= 0.6 is 0 Å². The number of hydrogen-bond donors (Lipinski definition) is 0.